The molecular formula is C10H16N2O3S. The van der Waals surface area contributed by atoms with Gasteiger partial charge in [0.2, 0.25) is 5.91 Å². The number of aromatic nitrogens is 1. The predicted molar refractivity (Wildman–Crippen MR) is 63.5 cm³/mol. The predicted octanol–water partition coefficient (Wildman–Crippen LogP) is 1.43. The third-order valence-electron chi connectivity index (χ3n) is 1.88. The zero-order valence-corrected chi connectivity index (χ0v) is 10.2. The van der Waals surface area contributed by atoms with Crippen molar-refractivity contribution in [3.05, 3.63) is 11.8 Å². The fraction of sp³-hybridized carbons (Fsp3) is 0.600. The highest BCUT2D eigenvalue weighted by Crippen LogP contribution is 2.12. The van der Waals surface area contributed by atoms with E-state index in [1.165, 1.54) is 0 Å². The molecule has 16 heavy (non-hydrogen) atoms. The Bertz CT molecular complexity index is 341. The van der Waals surface area contributed by atoms with Crippen LogP contribution in [0, 0.1) is 6.92 Å². The molecule has 0 fully saturated rings. The molecule has 0 aliphatic carbocycles. The third-order valence-corrected chi connectivity index (χ3v) is 3.04. The normalized spacial score (nSPS) is 12.4. The van der Waals surface area contributed by atoms with Gasteiger partial charge in [0.15, 0.2) is 5.82 Å². The van der Waals surface area contributed by atoms with Gasteiger partial charge in [-0.3, -0.25) is 4.79 Å². The molecule has 0 bridgehead atoms. The maximum Gasteiger partial charge on any atom is 0.226 e. The molecule has 6 heteroatoms. The Morgan fingerprint density at radius 3 is 3.06 bits per heavy atom. The van der Waals surface area contributed by atoms with Crippen LogP contribution in [-0.4, -0.2) is 33.8 Å². The van der Waals surface area contributed by atoms with Gasteiger partial charge in [-0.05, 0) is 6.92 Å². The monoisotopic (exact) mass is 244 g/mol. The van der Waals surface area contributed by atoms with Crippen molar-refractivity contribution in [3.63, 3.8) is 0 Å². The van der Waals surface area contributed by atoms with Gasteiger partial charge < -0.3 is 14.9 Å². The van der Waals surface area contributed by atoms with Gasteiger partial charge in [-0.15, -0.1) is 0 Å². The first-order valence-electron chi connectivity index (χ1n) is 5.07. The van der Waals surface area contributed by atoms with E-state index >= 15 is 0 Å². The highest BCUT2D eigenvalue weighted by molar-refractivity contribution is 7.99. The van der Waals surface area contributed by atoms with Gasteiger partial charge >= 0.3 is 0 Å². The Morgan fingerprint density at radius 2 is 2.50 bits per heavy atom. The van der Waals surface area contributed by atoms with E-state index < -0.39 is 0 Å². The molecule has 1 rings (SSSR count). The first-order chi connectivity index (χ1) is 7.61. The molecule has 0 aliphatic heterocycles. The molecule has 90 valence electrons. The molecule has 1 amide bonds. The molecular weight excluding hydrogens is 228 g/mol. The second kappa shape index (κ2) is 6.55. The molecule has 0 saturated heterocycles. The van der Waals surface area contributed by atoms with Crippen molar-refractivity contribution in [1.29, 1.82) is 0 Å². The van der Waals surface area contributed by atoms with Crippen LogP contribution in [0.1, 0.15) is 19.1 Å². The fourth-order valence-electron chi connectivity index (χ4n) is 1.04. The van der Waals surface area contributed by atoms with E-state index in [9.17, 15) is 4.79 Å². The van der Waals surface area contributed by atoms with E-state index in [-0.39, 0.29) is 17.8 Å². The second-order valence-corrected chi connectivity index (χ2v) is 5.03. The maximum absolute atomic E-state index is 11.4. The number of aliphatic hydroxyl groups excluding tert-OH is 1. The standard InChI is InChI=1S/C10H16N2O3S/c1-7-5-9(12-15-7)11-10(14)3-4-16-8(2)6-13/h5,8,13H,3-4,6H2,1-2H3,(H,11,12,14)/t8-/m1/s1. The number of anilines is 1. The van der Waals surface area contributed by atoms with Gasteiger partial charge in [0.1, 0.15) is 5.76 Å². The van der Waals surface area contributed by atoms with Gasteiger partial charge in [-0.2, -0.15) is 11.8 Å². The number of nitrogens with one attached hydrogen (secondary N) is 1. The minimum atomic E-state index is -0.0917. The van der Waals surface area contributed by atoms with Crippen LogP contribution in [0.15, 0.2) is 10.6 Å². The molecule has 0 spiro atoms. The van der Waals surface area contributed by atoms with Crippen molar-refractivity contribution in [2.75, 3.05) is 17.7 Å². The summed E-state index contributed by atoms with van der Waals surface area (Å²) in [5.41, 5.74) is 0. The summed E-state index contributed by atoms with van der Waals surface area (Å²) in [5.74, 6) is 1.71. The summed E-state index contributed by atoms with van der Waals surface area (Å²) >= 11 is 1.57. The number of carbonyl (C=O) groups excluding carboxylic acids is 1. The largest absolute Gasteiger partial charge is 0.395 e. The van der Waals surface area contributed by atoms with Crippen LogP contribution in [0.5, 0.6) is 0 Å². The van der Waals surface area contributed by atoms with Crippen LogP contribution in [0.3, 0.4) is 0 Å². The molecule has 5 nitrogen and oxygen atoms in total. The van der Waals surface area contributed by atoms with Crippen molar-refractivity contribution in [1.82, 2.24) is 5.16 Å². The summed E-state index contributed by atoms with van der Waals surface area (Å²) in [5, 5.41) is 15.3. The zero-order valence-electron chi connectivity index (χ0n) is 9.40. The van der Waals surface area contributed by atoms with E-state index in [2.05, 4.69) is 10.5 Å². The summed E-state index contributed by atoms with van der Waals surface area (Å²) in [6, 6.07) is 1.67. The molecule has 0 saturated carbocycles. The Kier molecular flexibility index (Phi) is 5.34. The average Bonchev–Trinajstić information content (AvgIpc) is 2.63. The van der Waals surface area contributed by atoms with Crippen LogP contribution in [0.4, 0.5) is 5.82 Å². The van der Waals surface area contributed by atoms with Crippen molar-refractivity contribution >= 4 is 23.5 Å². The average molecular weight is 244 g/mol. The number of hydrogen-bond donors (Lipinski definition) is 2. The Balaban J connectivity index is 2.21. The van der Waals surface area contributed by atoms with Crippen molar-refractivity contribution < 1.29 is 14.4 Å². The molecule has 0 radical (unpaired) electrons. The highest BCUT2D eigenvalue weighted by Gasteiger charge is 2.07. The van der Waals surface area contributed by atoms with E-state index in [1.54, 1.807) is 24.8 Å². The van der Waals surface area contributed by atoms with E-state index in [1.807, 2.05) is 6.92 Å². The summed E-state index contributed by atoms with van der Waals surface area (Å²) in [6.07, 6.45) is 0.404. The Labute approximate surface area is 98.6 Å². The van der Waals surface area contributed by atoms with Crippen LogP contribution < -0.4 is 5.32 Å². The number of amides is 1. The van der Waals surface area contributed by atoms with E-state index in [0.29, 0.717) is 23.8 Å². The molecule has 0 aromatic carbocycles. The Morgan fingerprint density at radius 1 is 1.75 bits per heavy atom. The van der Waals surface area contributed by atoms with Crippen LogP contribution in [0.25, 0.3) is 0 Å². The number of rotatable bonds is 6. The molecule has 2 N–H and O–H groups in total. The second-order valence-electron chi connectivity index (χ2n) is 3.48. The van der Waals surface area contributed by atoms with Crippen molar-refractivity contribution in [2.24, 2.45) is 0 Å². The van der Waals surface area contributed by atoms with Crippen LogP contribution >= 0.6 is 11.8 Å². The lowest BCUT2D eigenvalue weighted by Crippen LogP contribution is -2.13. The SMILES string of the molecule is Cc1cc(NC(=O)CCS[C@H](C)CO)no1. The summed E-state index contributed by atoms with van der Waals surface area (Å²) in [4.78, 5) is 11.4. The Hall–Kier alpha value is -1.01. The fourth-order valence-corrected chi connectivity index (χ4v) is 1.85. The highest BCUT2D eigenvalue weighted by atomic mass is 32.2. The zero-order chi connectivity index (χ0) is 12.0. The number of nitrogens with zero attached hydrogens (tertiary/aromatic N) is 1. The summed E-state index contributed by atoms with van der Waals surface area (Å²) < 4.78 is 4.82. The lowest BCUT2D eigenvalue weighted by atomic mass is 10.4. The first kappa shape index (κ1) is 13.1. The topological polar surface area (TPSA) is 75.4 Å². The smallest absolute Gasteiger partial charge is 0.226 e. The van der Waals surface area contributed by atoms with Gasteiger partial charge in [0, 0.05) is 23.5 Å². The number of aryl methyl sites for hydroxylation is 1. The van der Waals surface area contributed by atoms with Crippen LogP contribution in [0.2, 0.25) is 0 Å². The van der Waals surface area contributed by atoms with Crippen molar-refractivity contribution in [2.45, 2.75) is 25.5 Å². The molecule has 1 atom stereocenters. The lowest BCUT2D eigenvalue weighted by molar-refractivity contribution is -0.115. The maximum atomic E-state index is 11.4. The first-order valence-corrected chi connectivity index (χ1v) is 6.12. The number of thioether (sulfide) groups is 1. The molecule has 0 aliphatic rings. The minimum absolute atomic E-state index is 0.0917. The molecule has 1 aromatic heterocycles. The van der Waals surface area contributed by atoms with E-state index in [0.717, 1.165) is 0 Å². The van der Waals surface area contributed by atoms with Crippen LogP contribution in [-0.2, 0) is 4.79 Å². The summed E-state index contributed by atoms with van der Waals surface area (Å²) in [7, 11) is 0. The number of aliphatic hydroxyl groups is 1. The van der Waals surface area contributed by atoms with Gasteiger partial charge in [-0.1, -0.05) is 12.1 Å². The van der Waals surface area contributed by atoms with Gasteiger partial charge in [-0.25, -0.2) is 0 Å². The van der Waals surface area contributed by atoms with E-state index in [4.69, 9.17) is 9.63 Å². The number of carbonyl (C=O) groups is 1. The molecule has 1 heterocycles. The molecule has 1 aromatic rings. The van der Waals surface area contributed by atoms with Gasteiger partial charge in [0.25, 0.3) is 0 Å². The summed E-state index contributed by atoms with van der Waals surface area (Å²) in [6.45, 7) is 3.82. The quantitative estimate of drug-likeness (QED) is 0.791. The van der Waals surface area contributed by atoms with Crippen molar-refractivity contribution in [3.8, 4) is 0 Å². The minimum Gasteiger partial charge on any atom is -0.395 e. The lowest BCUT2D eigenvalue weighted by Gasteiger charge is -2.06. The van der Waals surface area contributed by atoms with Gasteiger partial charge in [0.05, 0.1) is 6.61 Å². The molecule has 0 unspecified atom stereocenters. The third kappa shape index (κ3) is 4.67. The number of hydrogen-bond acceptors (Lipinski definition) is 5.